The molecule has 3 rings (SSSR count). The van der Waals surface area contributed by atoms with E-state index in [1.165, 1.54) is 0 Å². The van der Waals surface area contributed by atoms with Crippen molar-refractivity contribution in [2.45, 2.75) is 40.0 Å². The van der Waals surface area contributed by atoms with Crippen LogP contribution < -0.4 is 10.1 Å². The van der Waals surface area contributed by atoms with E-state index >= 15 is 0 Å². The van der Waals surface area contributed by atoms with E-state index in [0.717, 1.165) is 59.6 Å². The first-order chi connectivity index (χ1) is 13.5. The summed E-state index contributed by atoms with van der Waals surface area (Å²) in [4.78, 5) is 17.3. The lowest BCUT2D eigenvalue weighted by molar-refractivity contribution is 0.0955. The van der Waals surface area contributed by atoms with Crippen LogP contribution in [-0.4, -0.2) is 33.8 Å². The third-order valence-corrected chi connectivity index (χ3v) is 4.73. The van der Waals surface area contributed by atoms with Gasteiger partial charge in [0.05, 0.1) is 23.3 Å². The topological polar surface area (TPSA) is 69.0 Å². The summed E-state index contributed by atoms with van der Waals surface area (Å²) in [6.45, 7) is 7.26. The van der Waals surface area contributed by atoms with Crippen LogP contribution in [0.2, 0.25) is 0 Å². The largest absolute Gasteiger partial charge is 0.494 e. The van der Waals surface area contributed by atoms with Crippen LogP contribution in [0.4, 0.5) is 0 Å². The Balaban J connectivity index is 1.61. The van der Waals surface area contributed by atoms with Gasteiger partial charge in [0.2, 0.25) is 0 Å². The SMILES string of the molecule is CCCCOc1ccc(CCNC(=O)c2cc(C)nc3c2c(C)nn3C)cc1. The van der Waals surface area contributed by atoms with E-state index in [2.05, 4.69) is 22.3 Å². The Kier molecular flexibility index (Phi) is 6.29. The van der Waals surface area contributed by atoms with Gasteiger partial charge in [0.25, 0.3) is 5.91 Å². The summed E-state index contributed by atoms with van der Waals surface area (Å²) in [5.41, 5.74) is 4.15. The Morgan fingerprint density at radius 1 is 1.21 bits per heavy atom. The van der Waals surface area contributed by atoms with Crippen molar-refractivity contribution in [2.24, 2.45) is 7.05 Å². The first-order valence-corrected chi connectivity index (χ1v) is 9.80. The van der Waals surface area contributed by atoms with Crippen molar-refractivity contribution in [1.29, 1.82) is 0 Å². The van der Waals surface area contributed by atoms with Crippen LogP contribution in [0.5, 0.6) is 5.75 Å². The van der Waals surface area contributed by atoms with Crippen molar-refractivity contribution in [2.75, 3.05) is 13.2 Å². The predicted molar refractivity (Wildman–Crippen MR) is 111 cm³/mol. The Morgan fingerprint density at radius 2 is 1.96 bits per heavy atom. The first-order valence-electron chi connectivity index (χ1n) is 9.80. The molecule has 148 valence electrons. The molecule has 0 bridgehead atoms. The molecule has 0 saturated heterocycles. The summed E-state index contributed by atoms with van der Waals surface area (Å²) < 4.78 is 7.40. The number of hydrogen-bond acceptors (Lipinski definition) is 4. The fraction of sp³-hybridized carbons (Fsp3) is 0.409. The highest BCUT2D eigenvalue weighted by Crippen LogP contribution is 2.21. The van der Waals surface area contributed by atoms with Crippen molar-refractivity contribution >= 4 is 16.9 Å². The molecule has 0 aliphatic carbocycles. The number of pyridine rings is 1. The van der Waals surface area contributed by atoms with E-state index in [-0.39, 0.29) is 5.91 Å². The van der Waals surface area contributed by atoms with Gasteiger partial charge in [-0.05, 0) is 50.5 Å². The Hall–Kier alpha value is -2.89. The van der Waals surface area contributed by atoms with Crippen molar-refractivity contribution < 1.29 is 9.53 Å². The Morgan fingerprint density at radius 3 is 2.68 bits per heavy atom. The van der Waals surface area contributed by atoms with Gasteiger partial charge < -0.3 is 10.1 Å². The van der Waals surface area contributed by atoms with E-state index < -0.39 is 0 Å². The number of aryl methyl sites for hydroxylation is 3. The lowest BCUT2D eigenvalue weighted by atomic mass is 10.1. The Labute approximate surface area is 165 Å². The number of nitrogens with zero attached hydrogens (tertiary/aromatic N) is 3. The highest BCUT2D eigenvalue weighted by molar-refractivity contribution is 6.06. The molecule has 3 aromatic rings. The Bertz CT molecular complexity index is 961. The molecule has 0 saturated carbocycles. The monoisotopic (exact) mass is 380 g/mol. The number of unbranched alkanes of at least 4 members (excludes halogenated alkanes) is 1. The maximum atomic E-state index is 12.8. The number of nitrogens with one attached hydrogen (secondary N) is 1. The molecule has 1 amide bonds. The summed E-state index contributed by atoms with van der Waals surface area (Å²) >= 11 is 0. The number of carbonyl (C=O) groups excluding carboxylic acids is 1. The van der Waals surface area contributed by atoms with Crippen LogP contribution in [0.15, 0.2) is 30.3 Å². The van der Waals surface area contributed by atoms with E-state index in [9.17, 15) is 4.79 Å². The zero-order valence-electron chi connectivity index (χ0n) is 17.1. The van der Waals surface area contributed by atoms with E-state index in [0.29, 0.717) is 12.1 Å². The lowest BCUT2D eigenvalue weighted by Crippen LogP contribution is -2.26. The number of carbonyl (C=O) groups is 1. The molecule has 0 spiro atoms. The standard InChI is InChI=1S/C22H28N4O2/c1-5-6-13-28-18-9-7-17(8-10-18)11-12-23-22(27)19-14-15(2)24-21-20(19)16(3)25-26(21)4/h7-10,14H,5-6,11-13H2,1-4H3,(H,23,27). The molecule has 6 heteroatoms. The summed E-state index contributed by atoms with van der Waals surface area (Å²) in [5.74, 6) is 0.800. The van der Waals surface area contributed by atoms with Gasteiger partial charge in [-0.15, -0.1) is 0 Å². The van der Waals surface area contributed by atoms with Gasteiger partial charge in [-0.25, -0.2) is 4.98 Å². The molecule has 0 atom stereocenters. The van der Waals surface area contributed by atoms with Crippen LogP contribution in [0.3, 0.4) is 0 Å². The fourth-order valence-corrected chi connectivity index (χ4v) is 3.25. The van der Waals surface area contributed by atoms with Gasteiger partial charge in [-0.2, -0.15) is 5.10 Å². The predicted octanol–water partition coefficient (Wildman–Crippen LogP) is 3.74. The minimum Gasteiger partial charge on any atom is -0.494 e. The number of rotatable bonds is 8. The number of aromatic nitrogens is 3. The average molecular weight is 380 g/mol. The van der Waals surface area contributed by atoms with Crippen LogP contribution in [0, 0.1) is 13.8 Å². The second kappa shape index (κ2) is 8.87. The molecule has 0 radical (unpaired) electrons. The van der Waals surface area contributed by atoms with Gasteiger partial charge in [0.1, 0.15) is 5.75 Å². The lowest BCUT2D eigenvalue weighted by Gasteiger charge is -2.09. The number of amides is 1. The van der Waals surface area contributed by atoms with Crippen LogP contribution in [0.1, 0.15) is 47.1 Å². The molecule has 28 heavy (non-hydrogen) atoms. The maximum Gasteiger partial charge on any atom is 0.252 e. The molecular weight excluding hydrogens is 352 g/mol. The summed E-state index contributed by atoms with van der Waals surface area (Å²) in [6, 6.07) is 9.90. The van der Waals surface area contributed by atoms with Crippen molar-refractivity contribution in [3.8, 4) is 5.75 Å². The molecule has 6 nitrogen and oxygen atoms in total. The van der Waals surface area contributed by atoms with Gasteiger partial charge in [0, 0.05) is 19.3 Å². The number of fused-ring (bicyclic) bond motifs is 1. The zero-order chi connectivity index (χ0) is 20.1. The number of ether oxygens (including phenoxy) is 1. The molecule has 0 unspecified atom stereocenters. The van der Waals surface area contributed by atoms with Crippen LogP contribution >= 0.6 is 0 Å². The first kappa shape index (κ1) is 19.9. The number of hydrogen-bond donors (Lipinski definition) is 1. The van der Waals surface area contributed by atoms with Gasteiger partial charge >= 0.3 is 0 Å². The molecule has 2 heterocycles. The van der Waals surface area contributed by atoms with Gasteiger partial charge in [-0.1, -0.05) is 25.5 Å². The van der Waals surface area contributed by atoms with Crippen LogP contribution in [-0.2, 0) is 13.5 Å². The second-order valence-corrected chi connectivity index (χ2v) is 7.07. The molecule has 1 N–H and O–H groups in total. The second-order valence-electron chi connectivity index (χ2n) is 7.07. The van der Waals surface area contributed by atoms with Crippen molar-refractivity contribution in [3.63, 3.8) is 0 Å². The van der Waals surface area contributed by atoms with Crippen molar-refractivity contribution in [1.82, 2.24) is 20.1 Å². The smallest absolute Gasteiger partial charge is 0.252 e. The summed E-state index contributed by atoms with van der Waals surface area (Å²) in [6.07, 6.45) is 2.95. The average Bonchev–Trinajstić information content (AvgIpc) is 2.96. The summed E-state index contributed by atoms with van der Waals surface area (Å²) in [7, 11) is 1.85. The third kappa shape index (κ3) is 4.50. The molecule has 0 aliphatic heterocycles. The highest BCUT2D eigenvalue weighted by atomic mass is 16.5. The number of benzene rings is 1. The molecule has 1 aromatic carbocycles. The van der Waals surface area contributed by atoms with Gasteiger partial charge in [-0.3, -0.25) is 9.48 Å². The van der Waals surface area contributed by atoms with E-state index in [1.807, 2.05) is 51.2 Å². The minimum atomic E-state index is -0.0916. The minimum absolute atomic E-state index is 0.0916. The van der Waals surface area contributed by atoms with Crippen molar-refractivity contribution in [3.05, 3.63) is 52.8 Å². The third-order valence-electron chi connectivity index (χ3n) is 4.73. The normalized spacial score (nSPS) is 11.0. The van der Waals surface area contributed by atoms with Crippen LogP contribution in [0.25, 0.3) is 11.0 Å². The highest BCUT2D eigenvalue weighted by Gasteiger charge is 2.17. The summed E-state index contributed by atoms with van der Waals surface area (Å²) in [5, 5.41) is 8.24. The molecule has 0 fully saturated rings. The fourth-order valence-electron chi connectivity index (χ4n) is 3.25. The molecule has 0 aliphatic rings. The quantitative estimate of drug-likeness (QED) is 0.605. The molecule has 2 aromatic heterocycles. The van der Waals surface area contributed by atoms with E-state index in [1.54, 1.807) is 4.68 Å². The zero-order valence-corrected chi connectivity index (χ0v) is 17.1. The molecular formula is C22H28N4O2. The van der Waals surface area contributed by atoms with E-state index in [4.69, 9.17) is 4.74 Å². The maximum absolute atomic E-state index is 12.8. The van der Waals surface area contributed by atoms with Gasteiger partial charge in [0.15, 0.2) is 5.65 Å².